The highest BCUT2D eigenvalue weighted by Gasteiger charge is 2.27. The molecule has 0 radical (unpaired) electrons. The summed E-state index contributed by atoms with van der Waals surface area (Å²) in [5, 5.41) is 28.4. The molecule has 3 N–H and O–H groups in total. The first-order valence-electron chi connectivity index (χ1n) is 9.84. The van der Waals surface area contributed by atoms with Crippen molar-refractivity contribution in [2.45, 2.75) is 6.92 Å². The lowest BCUT2D eigenvalue weighted by Gasteiger charge is -2.07. The third-order valence-corrected chi connectivity index (χ3v) is 4.98. The quantitative estimate of drug-likeness (QED) is 0.330. The van der Waals surface area contributed by atoms with Gasteiger partial charge in [0.1, 0.15) is 5.69 Å². The number of aromatic nitrogens is 5. The maximum absolute atomic E-state index is 13.1. The molecule has 1 aliphatic rings. The Balaban J connectivity index is 1.51. The Kier molecular flexibility index (Phi) is 5.07. The van der Waals surface area contributed by atoms with Crippen LogP contribution in [-0.2, 0) is 0 Å². The number of nitrogens with one attached hydrogen (secondary N) is 1. The second-order valence-electron chi connectivity index (χ2n) is 7.07. The molecule has 2 aromatic carbocycles. The van der Waals surface area contributed by atoms with Crippen LogP contribution < -0.4 is 20.6 Å². The molecule has 0 saturated heterocycles. The number of nitrogens with two attached hydrogens (primary N) is 1. The molecule has 34 heavy (non-hydrogen) atoms. The van der Waals surface area contributed by atoms with Gasteiger partial charge in [0.2, 0.25) is 18.4 Å². The van der Waals surface area contributed by atoms with E-state index in [1.165, 1.54) is 4.68 Å². The molecule has 0 fully saturated rings. The van der Waals surface area contributed by atoms with Crippen molar-refractivity contribution in [3.8, 4) is 34.6 Å². The number of nitrogen functional groups attached to an aromatic ring is 1. The van der Waals surface area contributed by atoms with E-state index in [1.54, 1.807) is 49.4 Å². The van der Waals surface area contributed by atoms with Crippen LogP contribution in [0.4, 0.5) is 5.82 Å². The fourth-order valence-electron chi connectivity index (χ4n) is 3.26. The number of hydrogen-bond donors (Lipinski definition) is 2. The van der Waals surface area contributed by atoms with E-state index >= 15 is 0 Å². The molecule has 0 aliphatic carbocycles. The third kappa shape index (κ3) is 3.65. The summed E-state index contributed by atoms with van der Waals surface area (Å²) in [6.07, 6.45) is 0. The molecule has 1 aliphatic heterocycles. The van der Waals surface area contributed by atoms with Gasteiger partial charge < -0.3 is 15.2 Å². The van der Waals surface area contributed by atoms with Gasteiger partial charge in [-0.1, -0.05) is 17.3 Å². The van der Waals surface area contributed by atoms with Gasteiger partial charge in [-0.3, -0.25) is 4.79 Å². The summed E-state index contributed by atoms with van der Waals surface area (Å²) < 4.78 is 16.7. The van der Waals surface area contributed by atoms with E-state index in [-0.39, 0.29) is 29.8 Å². The van der Waals surface area contributed by atoms with Crippen LogP contribution in [0.25, 0.3) is 17.1 Å². The second kappa shape index (κ2) is 8.36. The molecule has 0 spiro atoms. The molecule has 2 aromatic heterocycles. The summed E-state index contributed by atoms with van der Waals surface area (Å²) in [6, 6.07) is 13.9. The van der Waals surface area contributed by atoms with Gasteiger partial charge in [0.15, 0.2) is 17.2 Å². The Morgan fingerprint density at radius 1 is 1.18 bits per heavy atom. The zero-order chi connectivity index (χ0) is 23.7. The van der Waals surface area contributed by atoms with Crippen LogP contribution >= 0.6 is 0 Å². The fourth-order valence-corrected chi connectivity index (χ4v) is 3.26. The molecule has 168 valence electrons. The first kappa shape index (κ1) is 20.6. The molecular weight excluding hydrogens is 442 g/mol. The van der Waals surface area contributed by atoms with Crippen LogP contribution in [0.5, 0.6) is 11.5 Å². The number of fused-ring (bicyclic) bond motifs is 1. The third-order valence-electron chi connectivity index (χ3n) is 4.98. The lowest BCUT2D eigenvalue weighted by molar-refractivity contribution is 0.0950. The number of nitrogens with zero attached hydrogens (tertiary/aromatic N) is 7. The number of nitriles is 1. The van der Waals surface area contributed by atoms with E-state index in [4.69, 9.17) is 20.5 Å². The Labute approximate surface area is 191 Å². The van der Waals surface area contributed by atoms with Gasteiger partial charge in [-0.15, -0.1) is 5.10 Å². The van der Waals surface area contributed by atoms with Crippen LogP contribution in [0.15, 0.2) is 52.2 Å². The summed E-state index contributed by atoms with van der Waals surface area (Å²) in [6.45, 7) is 1.81. The van der Waals surface area contributed by atoms with Crippen molar-refractivity contribution in [3.05, 3.63) is 59.3 Å². The normalized spacial score (nSPS) is 12.4. The van der Waals surface area contributed by atoms with E-state index in [1.807, 2.05) is 0 Å². The van der Waals surface area contributed by atoms with Gasteiger partial charge in [-0.2, -0.15) is 15.0 Å². The van der Waals surface area contributed by atoms with Crippen molar-refractivity contribution in [2.75, 3.05) is 12.5 Å². The number of carbonyl (C=O) groups is 1. The van der Waals surface area contributed by atoms with E-state index in [0.29, 0.717) is 28.3 Å². The summed E-state index contributed by atoms with van der Waals surface area (Å²) >= 11 is 0. The van der Waals surface area contributed by atoms with Gasteiger partial charge in [0.25, 0.3) is 5.91 Å². The number of benzene rings is 2. The highest BCUT2D eigenvalue weighted by atomic mass is 16.7. The Morgan fingerprint density at radius 3 is 2.71 bits per heavy atom. The SMILES string of the molecule is C/C(=N\NC(=O)c1nnn(-c2nonc2N)c1-c1ccc2c(c1)OCO2)c1ccc(C#N)cc1. The maximum atomic E-state index is 13.1. The molecular formula is C21H15N9O4. The van der Waals surface area contributed by atoms with Crippen LogP contribution in [0.3, 0.4) is 0 Å². The predicted molar refractivity (Wildman–Crippen MR) is 116 cm³/mol. The molecule has 0 saturated carbocycles. The van der Waals surface area contributed by atoms with Crippen molar-refractivity contribution >= 4 is 17.4 Å². The van der Waals surface area contributed by atoms with E-state index < -0.39 is 5.91 Å². The maximum Gasteiger partial charge on any atom is 0.294 e. The molecule has 0 bridgehead atoms. The molecule has 5 rings (SSSR count). The highest BCUT2D eigenvalue weighted by molar-refractivity contribution is 6.02. The van der Waals surface area contributed by atoms with Crippen LogP contribution in [0.1, 0.15) is 28.5 Å². The number of carbonyl (C=O) groups excluding carboxylic acids is 1. The molecule has 0 atom stereocenters. The standard InChI is InChI=1S/C21H15N9O4/c1-11(13-4-2-12(9-22)3-5-13)24-26-21(31)17-18(14-6-7-15-16(8-14)33-10-32-15)30(29-25-17)20-19(23)27-34-28-20/h2-8H,10H2,1H3,(H2,23,27)(H,26,31)/b24-11+. The number of rotatable bonds is 5. The molecule has 0 unspecified atom stereocenters. The van der Waals surface area contributed by atoms with Crippen LogP contribution in [0.2, 0.25) is 0 Å². The van der Waals surface area contributed by atoms with Gasteiger partial charge in [-0.05, 0) is 53.1 Å². The number of hydrogen-bond acceptors (Lipinski definition) is 11. The second-order valence-corrected chi connectivity index (χ2v) is 7.07. The lowest BCUT2D eigenvalue weighted by Crippen LogP contribution is -2.21. The number of ether oxygens (including phenoxy) is 2. The van der Waals surface area contributed by atoms with Gasteiger partial charge in [0.05, 0.1) is 17.3 Å². The van der Waals surface area contributed by atoms with Crippen LogP contribution in [0, 0.1) is 11.3 Å². The average molecular weight is 457 g/mol. The van der Waals surface area contributed by atoms with Crippen LogP contribution in [-0.4, -0.2) is 43.7 Å². The van der Waals surface area contributed by atoms with Crippen molar-refractivity contribution in [1.29, 1.82) is 5.26 Å². The minimum atomic E-state index is -0.623. The molecule has 3 heterocycles. The number of hydrazone groups is 1. The number of anilines is 1. The van der Waals surface area contributed by atoms with Gasteiger partial charge in [-0.25, -0.2) is 10.1 Å². The average Bonchev–Trinajstić information content (AvgIpc) is 3.60. The topological polar surface area (TPSA) is 179 Å². The lowest BCUT2D eigenvalue weighted by atomic mass is 10.1. The zero-order valence-corrected chi connectivity index (χ0v) is 17.6. The minimum Gasteiger partial charge on any atom is -0.454 e. The Hall–Kier alpha value is -5.25. The summed E-state index contributed by atoms with van der Waals surface area (Å²) in [7, 11) is 0. The predicted octanol–water partition coefficient (Wildman–Crippen LogP) is 1.65. The summed E-state index contributed by atoms with van der Waals surface area (Å²) in [5.41, 5.74) is 10.9. The minimum absolute atomic E-state index is 0.0338. The Bertz CT molecular complexity index is 1460. The largest absolute Gasteiger partial charge is 0.454 e. The van der Waals surface area contributed by atoms with Crippen molar-refractivity contribution < 1.29 is 18.9 Å². The Morgan fingerprint density at radius 2 is 1.97 bits per heavy atom. The van der Waals surface area contributed by atoms with Gasteiger partial charge in [0, 0.05) is 5.56 Å². The molecule has 4 aromatic rings. The molecule has 13 nitrogen and oxygen atoms in total. The van der Waals surface area contributed by atoms with Gasteiger partial charge >= 0.3 is 0 Å². The van der Waals surface area contributed by atoms with E-state index in [0.717, 1.165) is 5.56 Å². The molecule has 13 heteroatoms. The van der Waals surface area contributed by atoms with Crippen molar-refractivity contribution in [2.24, 2.45) is 5.10 Å². The summed E-state index contributed by atoms with van der Waals surface area (Å²) in [4.78, 5) is 13.1. The highest BCUT2D eigenvalue weighted by Crippen LogP contribution is 2.37. The smallest absolute Gasteiger partial charge is 0.294 e. The first-order chi connectivity index (χ1) is 16.5. The monoisotopic (exact) mass is 457 g/mol. The summed E-state index contributed by atoms with van der Waals surface area (Å²) in [5.74, 6) is 0.475. The van der Waals surface area contributed by atoms with E-state index in [2.05, 4.69) is 41.9 Å². The molecule has 1 amide bonds. The fraction of sp³-hybridized carbons (Fsp3) is 0.0952. The van der Waals surface area contributed by atoms with Crippen molar-refractivity contribution in [1.82, 2.24) is 30.7 Å². The first-order valence-corrected chi connectivity index (χ1v) is 9.84. The zero-order valence-electron chi connectivity index (χ0n) is 17.6. The van der Waals surface area contributed by atoms with E-state index in [9.17, 15) is 4.79 Å². The number of amides is 1. The van der Waals surface area contributed by atoms with Crippen molar-refractivity contribution in [3.63, 3.8) is 0 Å².